The Morgan fingerprint density at radius 2 is 1.94 bits per heavy atom. The highest BCUT2D eigenvalue weighted by atomic mass is 16.1. The molecule has 2 saturated carbocycles. The van der Waals surface area contributed by atoms with Gasteiger partial charge in [0.1, 0.15) is 0 Å². The maximum Gasteiger partial charge on any atom is 0.224 e. The SMILES string of the molecule is CC(CN)C(=O)NC1CCC2CCCCC2C1. The van der Waals surface area contributed by atoms with E-state index in [-0.39, 0.29) is 11.8 Å². The molecule has 2 rings (SSSR count). The molecule has 17 heavy (non-hydrogen) atoms. The number of nitrogens with two attached hydrogens (primary N) is 1. The summed E-state index contributed by atoms with van der Waals surface area (Å²) in [5, 5.41) is 3.18. The highest BCUT2D eigenvalue weighted by Gasteiger charge is 2.32. The van der Waals surface area contributed by atoms with E-state index in [2.05, 4.69) is 5.32 Å². The molecular formula is C14H26N2O. The van der Waals surface area contributed by atoms with Crippen LogP contribution in [0.25, 0.3) is 0 Å². The zero-order chi connectivity index (χ0) is 12.3. The second-order valence-corrected chi connectivity index (χ2v) is 5.96. The molecule has 0 aromatic rings. The van der Waals surface area contributed by atoms with Crippen LogP contribution in [-0.4, -0.2) is 18.5 Å². The Hall–Kier alpha value is -0.570. The maximum absolute atomic E-state index is 11.8. The summed E-state index contributed by atoms with van der Waals surface area (Å²) >= 11 is 0. The third-order valence-electron chi connectivity index (χ3n) is 4.69. The number of hydrogen-bond donors (Lipinski definition) is 2. The number of carbonyl (C=O) groups is 1. The molecule has 4 atom stereocenters. The first kappa shape index (κ1) is 12.9. The third-order valence-corrected chi connectivity index (χ3v) is 4.69. The smallest absolute Gasteiger partial charge is 0.224 e. The molecule has 1 amide bonds. The number of nitrogens with one attached hydrogen (secondary N) is 1. The van der Waals surface area contributed by atoms with Crippen molar-refractivity contribution in [2.75, 3.05) is 6.54 Å². The lowest BCUT2D eigenvalue weighted by Gasteiger charge is -2.39. The fourth-order valence-corrected chi connectivity index (χ4v) is 3.45. The molecule has 2 fully saturated rings. The molecule has 3 heteroatoms. The normalized spacial score (nSPS) is 34.8. The Balaban J connectivity index is 1.81. The molecule has 3 N–H and O–H groups in total. The fraction of sp³-hybridized carbons (Fsp3) is 0.929. The van der Waals surface area contributed by atoms with Crippen molar-refractivity contribution in [1.29, 1.82) is 0 Å². The van der Waals surface area contributed by atoms with Crippen LogP contribution in [0.3, 0.4) is 0 Å². The van der Waals surface area contributed by atoms with E-state index in [1.165, 1.54) is 44.9 Å². The number of hydrogen-bond acceptors (Lipinski definition) is 2. The average Bonchev–Trinajstić information content (AvgIpc) is 2.37. The Kier molecular flexibility index (Phi) is 4.43. The molecule has 0 aromatic heterocycles. The Labute approximate surface area is 105 Å². The van der Waals surface area contributed by atoms with Crippen molar-refractivity contribution in [3.63, 3.8) is 0 Å². The molecular weight excluding hydrogens is 212 g/mol. The van der Waals surface area contributed by atoms with Crippen LogP contribution in [0.15, 0.2) is 0 Å². The monoisotopic (exact) mass is 238 g/mol. The minimum atomic E-state index is -0.0425. The molecule has 98 valence electrons. The van der Waals surface area contributed by atoms with E-state index in [1.54, 1.807) is 0 Å². The van der Waals surface area contributed by atoms with Crippen molar-refractivity contribution < 1.29 is 4.79 Å². The Bertz CT molecular complexity index is 267. The standard InChI is InChI=1S/C14H26N2O/c1-10(9-15)14(17)16-13-7-6-11-4-2-3-5-12(11)8-13/h10-13H,2-9,15H2,1H3,(H,16,17). The van der Waals surface area contributed by atoms with Gasteiger partial charge in [-0.25, -0.2) is 0 Å². The lowest BCUT2D eigenvalue weighted by Crippen LogP contribution is -2.44. The molecule has 0 aromatic carbocycles. The predicted molar refractivity (Wildman–Crippen MR) is 69.4 cm³/mol. The Morgan fingerprint density at radius 3 is 2.65 bits per heavy atom. The molecule has 4 unspecified atom stereocenters. The number of amides is 1. The molecule has 0 spiro atoms. The molecule has 2 aliphatic carbocycles. The van der Waals surface area contributed by atoms with E-state index >= 15 is 0 Å². The van der Waals surface area contributed by atoms with Crippen molar-refractivity contribution in [2.24, 2.45) is 23.5 Å². The van der Waals surface area contributed by atoms with E-state index in [4.69, 9.17) is 5.73 Å². The minimum Gasteiger partial charge on any atom is -0.353 e. The van der Waals surface area contributed by atoms with E-state index < -0.39 is 0 Å². The second-order valence-electron chi connectivity index (χ2n) is 5.96. The maximum atomic E-state index is 11.8. The first-order chi connectivity index (χ1) is 8.20. The zero-order valence-electron chi connectivity index (χ0n) is 11.0. The molecule has 0 radical (unpaired) electrons. The average molecular weight is 238 g/mol. The molecule has 0 bridgehead atoms. The Morgan fingerprint density at radius 1 is 1.24 bits per heavy atom. The van der Waals surface area contributed by atoms with Crippen LogP contribution in [0.5, 0.6) is 0 Å². The first-order valence-electron chi connectivity index (χ1n) is 7.21. The summed E-state index contributed by atoms with van der Waals surface area (Å²) in [4.78, 5) is 11.8. The minimum absolute atomic E-state index is 0.0425. The van der Waals surface area contributed by atoms with Gasteiger partial charge in [-0.3, -0.25) is 4.79 Å². The summed E-state index contributed by atoms with van der Waals surface area (Å²) in [7, 11) is 0. The van der Waals surface area contributed by atoms with Crippen LogP contribution in [-0.2, 0) is 4.79 Å². The van der Waals surface area contributed by atoms with E-state index in [1.807, 2.05) is 6.92 Å². The fourth-order valence-electron chi connectivity index (χ4n) is 3.45. The highest BCUT2D eigenvalue weighted by molar-refractivity contribution is 5.78. The molecule has 3 nitrogen and oxygen atoms in total. The molecule has 0 aliphatic heterocycles. The van der Waals surface area contributed by atoms with Crippen molar-refractivity contribution in [3.05, 3.63) is 0 Å². The van der Waals surface area contributed by atoms with Crippen molar-refractivity contribution in [3.8, 4) is 0 Å². The molecule has 0 heterocycles. The third kappa shape index (κ3) is 3.21. The number of fused-ring (bicyclic) bond motifs is 1. The van der Waals surface area contributed by atoms with Gasteiger partial charge in [0.15, 0.2) is 0 Å². The highest BCUT2D eigenvalue weighted by Crippen LogP contribution is 2.40. The van der Waals surface area contributed by atoms with Crippen molar-refractivity contribution in [1.82, 2.24) is 5.32 Å². The first-order valence-corrected chi connectivity index (χ1v) is 7.21. The van der Waals surface area contributed by atoms with Crippen LogP contribution in [0.4, 0.5) is 0 Å². The van der Waals surface area contributed by atoms with Gasteiger partial charge in [0.2, 0.25) is 5.91 Å². The topological polar surface area (TPSA) is 55.1 Å². The van der Waals surface area contributed by atoms with Gasteiger partial charge >= 0.3 is 0 Å². The summed E-state index contributed by atoms with van der Waals surface area (Å²) in [5.74, 6) is 1.92. The predicted octanol–water partition coefficient (Wildman–Crippen LogP) is 2.06. The largest absolute Gasteiger partial charge is 0.353 e. The summed E-state index contributed by atoms with van der Waals surface area (Å²) < 4.78 is 0. The van der Waals surface area contributed by atoms with Crippen LogP contribution in [0.2, 0.25) is 0 Å². The van der Waals surface area contributed by atoms with Crippen molar-refractivity contribution in [2.45, 2.75) is 57.9 Å². The second kappa shape index (κ2) is 5.85. The van der Waals surface area contributed by atoms with E-state index in [9.17, 15) is 4.79 Å². The summed E-state index contributed by atoms with van der Waals surface area (Å²) in [6, 6.07) is 0.413. The van der Waals surface area contributed by atoms with Crippen LogP contribution < -0.4 is 11.1 Å². The van der Waals surface area contributed by atoms with Gasteiger partial charge in [-0.15, -0.1) is 0 Å². The van der Waals surface area contributed by atoms with Crippen molar-refractivity contribution >= 4 is 5.91 Å². The van der Waals surface area contributed by atoms with E-state index in [0.717, 1.165) is 11.8 Å². The van der Waals surface area contributed by atoms with E-state index in [0.29, 0.717) is 12.6 Å². The van der Waals surface area contributed by atoms with Gasteiger partial charge in [0.25, 0.3) is 0 Å². The van der Waals surface area contributed by atoms with Crippen LogP contribution in [0.1, 0.15) is 51.9 Å². The lowest BCUT2D eigenvalue weighted by molar-refractivity contribution is -0.125. The number of carbonyl (C=O) groups excluding carboxylic acids is 1. The van der Waals surface area contributed by atoms with Gasteiger partial charge in [-0.2, -0.15) is 0 Å². The number of rotatable bonds is 3. The van der Waals surface area contributed by atoms with Gasteiger partial charge < -0.3 is 11.1 Å². The summed E-state index contributed by atoms with van der Waals surface area (Å²) in [6.07, 6.45) is 9.29. The molecule has 2 aliphatic rings. The quantitative estimate of drug-likeness (QED) is 0.790. The van der Waals surface area contributed by atoms with Gasteiger partial charge in [-0.1, -0.05) is 32.6 Å². The lowest BCUT2D eigenvalue weighted by atomic mass is 9.69. The van der Waals surface area contributed by atoms with Gasteiger partial charge in [0.05, 0.1) is 0 Å². The van der Waals surface area contributed by atoms with Crippen LogP contribution >= 0.6 is 0 Å². The van der Waals surface area contributed by atoms with Gasteiger partial charge in [0, 0.05) is 18.5 Å². The van der Waals surface area contributed by atoms with Crippen LogP contribution in [0, 0.1) is 17.8 Å². The van der Waals surface area contributed by atoms with Gasteiger partial charge in [-0.05, 0) is 31.1 Å². The molecule has 0 saturated heterocycles. The summed E-state index contributed by atoms with van der Waals surface area (Å²) in [6.45, 7) is 2.35. The zero-order valence-corrected chi connectivity index (χ0v) is 11.0. The summed E-state index contributed by atoms with van der Waals surface area (Å²) in [5.41, 5.74) is 5.52.